The molecule has 0 saturated carbocycles. The lowest BCUT2D eigenvalue weighted by Gasteiger charge is -2.32. The molecule has 6 heteroatoms. The molecular formula is C12H17N3O2S. The molecular weight excluding hydrogens is 250 g/mol. The van der Waals surface area contributed by atoms with Gasteiger partial charge in [-0.2, -0.15) is 0 Å². The SMILES string of the molecule is CC(=O)Nc1nc(C(=O)N2CCCCC2C)cs1. The molecule has 2 rings (SSSR count). The topological polar surface area (TPSA) is 62.3 Å². The number of likely N-dealkylation sites (tertiary alicyclic amines) is 1. The predicted octanol–water partition coefficient (Wildman–Crippen LogP) is 2.12. The zero-order valence-corrected chi connectivity index (χ0v) is 11.4. The Labute approximate surface area is 110 Å². The van der Waals surface area contributed by atoms with Gasteiger partial charge in [0.15, 0.2) is 5.13 Å². The number of piperidine rings is 1. The second kappa shape index (κ2) is 5.48. The molecule has 1 aromatic heterocycles. The van der Waals surface area contributed by atoms with Gasteiger partial charge in [0, 0.05) is 24.9 Å². The first-order valence-electron chi connectivity index (χ1n) is 6.12. The Morgan fingerprint density at radius 2 is 2.28 bits per heavy atom. The third kappa shape index (κ3) is 2.87. The Hall–Kier alpha value is -1.43. The summed E-state index contributed by atoms with van der Waals surface area (Å²) in [4.78, 5) is 29.2. The van der Waals surface area contributed by atoms with Crippen LogP contribution < -0.4 is 5.32 Å². The van der Waals surface area contributed by atoms with Crippen molar-refractivity contribution in [2.45, 2.75) is 39.2 Å². The van der Waals surface area contributed by atoms with E-state index in [1.165, 1.54) is 24.7 Å². The summed E-state index contributed by atoms with van der Waals surface area (Å²) in [6.07, 6.45) is 3.28. The summed E-state index contributed by atoms with van der Waals surface area (Å²) in [6.45, 7) is 4.29. The average molecular weight is 267 g/mol. The summed E-state index contributed by atoms with van der Waals surface area (Å²) >= 11 is 1.28. The highest BCUT2D eigenvalue weighted by atomic mass is 32.1. The van der Waals surface area contributed by atoms with Crippen LogP contribution in [-0.2, 0) is 4.79 Å². The maximum Gasteiger partial charge on any atom is 0.273 e. The summed E-state index contributed by atoms with van der Waals surface area (Å²) in [7, 11) is 0. The van der Waals surface area contributed by atoms with E-state index < -0.39 is 0 Å². The van der Waals surface area contributed by atoms with Crippen LogP contribution in [0.25, 0.3) is 0 Å². The van der Waals surface area contributed by atoms with Crippen molar-refractivity contribution in [2.75, 3.05) is 11.9 Å². The van der Waals surface area contributed by atoms with Crippen molar-refractivity contribution < 1.29 is 9.59 Å². The molecule has 18 heavy (non-hydrogen) atoms. The predicted molar refractivity (Wildman–Crippen MR) is 70.8 cm³/mol. The van der Waals surface area contributed by atoms with Gasteiger partial charge in [0.05, 0.1) is 0 Å². The van der Waals surface area contributed by atoms with Crippen LogP contribution in [0.2, 0.25) is 0 Å². The second-order valence-corrected chi connectivity index (χ2v) is 5.42. The summed E-state index contributed by atoms with van der Waals surface area (Å²) in [5, 5.41) is 4.78. The third-order valence-electron chi connectivity index (χ3n) is 3.07. The molecule has 5 nitrogen and oxygen atoms in total. The molecule has 1 aliphatic rings. The van der Waals surface area contributed by atoms with Gasteiger partial charge in [-0.25, -0.2) is 4.98 Å². The molecule has 1 aromatic rings. The number of carbonyl (C=O) groups excluding carboxylic acids is 2. The van der Waals surface area contributed by atoms with Crippen LogP contribution in [0.15, 0.2) is 5.38 Å². The first-order valence-corrected chi connectivity index (χ1v) is 7.00. The summed E-state index contributed by atoms with van der Waals surface area (Å²) in [5.41, 5.74) is 0.428. The molecule has 0 bridgehead atoms. The first-order chi connectivity index (χ1) is 8.58. The Morgan fingerprint density at radius 3 is 2.94 bits per heavy atom. The number of aromatic nitrogens is 1. The molecule has 0 spiro atoms. The number of hydrogen-bond donors (Lipinski definition) is 1. The largest absolute Gasteiger partial charge is 0.335 e. The maximum atomic E-state index is 12.3. The lowest BCUT2D eigenvalue weighted by Crippen LogP contribution is -2.42. The Balaban J connectivity index is 2.08. The zero-order valence-electron chi connectivity index (χ0n) is 10.6. The van der Waals surface area contributed by atoms with Crippen LogP contribution in [0.1, 0.15) is 43.6 Å². The number of thiazole rings is 1. The van der Waals surface area contributed by atoms with E-state index in [1.807, 2.05) is 4.90 Å². The van der Waals surface area contributed by atoms with Gasteiger partial charge in [-0.15, -0.1) is 11.3 Å². The van der Waals surface area contributed by atoms with Crippen molar-refractivity contribution in [3.05, 3.63) is 11.1 Å². The number of nitrogens with one attached hydrogen (secondary N) is 1. The van der Waals surface area contributed by atoms with Crippen molar-refractivity contribution in [1.29, 1.82) is 0 Å². The van der Waals surface area contributed by atoms with E-state index in [1.54, 1.807) is 5.38 Å². The van der Waals surface area contributed by atoms with Gasteiger partial charge in [0.25, 0.3) is 5.91 Å². The van der Waals surface area contributed by atoms with Gasteiger partial charge in [0.1, 0.15) is 5.69 Å². The number of amides is 2. The first kappa shape index (κ1) is 13.0. The minimum Gasteiger partial charge on any atom is -0.335 e. The molecule has 0 aliphatic carbocycles. The van der Waals surface area contributed by atoms with Crippen LogP contribution >= 0.6 is 11.3 Å². The molecule has 1 saturated heterocycles. The fourth-order valence-corrected chi connectivity index (χ4v) is 2.86. The minimum absolute atomic E-state index is 0.0324. The van der Waals surface area contributed by atoms with Crippen molar-refractivity contribution >= 4 is 28.3 Å². The Bertz CT molecular complexity index is 458. The lowest BCUT2D eigenvalue weighted by atomic mass is 10.0. The summed E-state index contributed by atoms with van der Waals surface area (Å²) in [5.74, 6) is -0.204. The van der Waals surface area contributed by atoms with Crippen molar-refractivity contribution in [3.8, 4) is 0 Å². The molecule has 1 unspecified atom stereocenters. The normalized spacial score (nSPS) is 19.7. The molecule has 98 valence electrons. The van der Waals surface area contributed by atoms with Crippen molar-refractivity contribution in [1.82, 2.24) is 9.88 Å². The standard InChI is InChI=1S/C12H17N3O2S/c1-8-5-3-4-6-15(8)11(17)10-7-18-12(14-10)13-9(2)16/h7-8H,3-6H2,1-2H3,(H,13,14,16). The van der Waals surface area contributed by atoms with E-state index >= 15 is 0 Å². The van der Waals surface area contributed by atoms with Gasteiger partial charge in [-0.05, 0) is 26.2 Å². The number of rotatable bonds is 2. The van der Waals surface area contributed by atoms with E-state index in [0.29, 0.717) is 10.8 Å². The van der Waals surface area contributed by atoms with Gasteiger partial charge in [0.2, 0.25) is 5.91 Å². The van der Waals surface area contributed by atoms with Crippen LogP contribution in [0.4, 0.5) is 5.13 Å². The van der Waals surface area contributed by atoms with E-state index in [4.69, 9.17) is 0 Å². The fourth-order valence-electron chi connectivity index (χ4n) is 2.13. The number of anilines is 1. The van der Waals surface area contributed by atoms with Crippen LogP contribution in [0, 0.1) is 0 Å². The maximum absolute atomic E-state index is 12.3. The fraction of sp³-hybridized carbons (Fsp3) is 0.583. The van der Waals surface area contributed by atoms with Crippen LogP contribution in [0.3, 0.4) is 0 Å². The summed E-state index contributed by atoms with van der Waals surface area (Å²) < 4.78 is 0. The van der Waals surface area contributed by atoms with E-state index in [0.717, 1.165) is 19.4 Å². The third-order valence-corrected chi connectivity index (χ3v) is 3.83. The van der Waals surface area contributed by atoms with Crippen LogP contribution in [-0.4, -0.2) is 34.3 Å². The van der Waals surface area contributed by atoms with Crippen LogP contribution in [0.5, 0.6) is 0 Å². The number of carbonyl (C=O) groups is 2. The van der Waals surface area contributed by atoms with E-state index in [2.05, 4.69) is 17.2 Å². The molecule has 1 aliphatic heterocycles. The van der Waals surface area contributed by atoms with Gasteiger partial charge >= 0.3 is 0 Å². The zero-order chi connectivity index (χ0) is 13.1. The second-order valence-electron chi connectivity index (χ2n) is 4.56. The molecule has 1 fully saturated rings. The lowest BCUT2D eigenvalue weighted by molar-refractivity contribution is -0.114. The van der Waals surface area contributed by atoms with Crippen molar-refractivity contribution in [2.24, 2.45) is 0 Å². The van der Waals surface area contributed by atoms with E-state index in [9.17, 15) is 9.59 Å². The molecule has 1 N–H and O–H groups in total. The summed E-state index contributed by atoms with van der Waals surface area (Å²) in [6, 6.07) is 0.275. The van der Waals surface area contributed by atoms with Crippen molar-refractivity contribution in [3.63, 3.8) is 0 Å². The molecule has 0 aromatic carbocycles. The Morgan fingerprint density at radius 1 is 1.50 bits per heavy atom. The molecule has 2 amide bonds. The Kier molecular flexibility index (Phi) is 3.96. The van der Waals surface area contributed by atoms with Gasteiger partial charge in [-0.3, -0.25) is 9.59 Å². The monoisotopic (exact) mass is 267 g/mol. The smallest absolute Gasteiger partial charge is 0.273 e. The molecule has 1 atom stereocenters. The average Bonchev–Trinajstić information content (AvgIpc) is 2.76. The molecule has 0 radical (unpaired) electrons. The highest BCUT2D eigenvalue weighted by Crippen LogP contribution is 2.21. The molecule has 2 heterocycles. The highest BCUT2D eigenvalue weighted by molar-refractivity contribution is 7.14. The quantitative estimate of drug-likeness (QED) is 0.892. The van der Waals surface area contributed by atoms with Gasteiger partial charge < -0.3 is 10.2 Å². The number of nitrogens with zero attached hydrogens (tertiary/aromatic N) is 2. The highest BCUT2D eigenvalue weighted by Gasteiger charge is 2.25. The van der Waals surface area contributed by atoms with Gasteiger partial charge in [-0.1, -0.05) is 0 Å². The number of hydrogen-bond acceptors (Lipinski definition) is 4. The van der Waals surface area contributed by atoms with E-state index in [-0.39, 0.29) is 17.9 Å². The minimum atomic E-state index is -0.172.